The maximum absolute atomic E-state index is 10.9. The van der Waals surface area contributed by atoms with Crippen LogP contribution in [0.4, 0.5) is 0 Å². The zero-order valence-electron chi connectivity index (χ0n) is 14.7. The number of quaternary nitrogens is 1. The Hall–Kier alpha value is -0.830. The molecule has 25 heavy (non-hydrogen) atoms. The number of phosphoric acid groups is 1. The predicted octanol–water partition coefficient (Wildman–Crippen LogP) is 2.17. The summed E-state index contributed by atoms with van der Waals surface area (Å²) < 4.78 is 30.2. The minimum absolute atomic E-state index is 0.112. The van der Waals surface area contributed by atoms with E-state index in [2.05, 4.69) is 26.3 Å². The molecule has 1 aliphatic rings. The Balaban J connectivity index is 1.96. The molecular formula is C15H26N3O5PS. The van der Waals surface area contributed by atoms with Crippen molar-refractivity contribution in [3.05, 3.63) is 11.8 Å². The first kappa shape index (κ1) is 20.5. The van der Waals surface area contributed by atoms with E-state index in [1.807, 2.05) is 7.05 Å². The molecule has 142 valence electrons. The molecule has 0 saturated heterocycles. The average Bonchev–Trinajstić information content (AvgIpc) is 3.01. The Kier molecular flexibility index (Phi) is 7.54. The van der Waals surface area contributed by atoms with E-state index in [0.717, 1.165) is 42.3 Å². The molecule has 1 aromatic rings. The van der Waals surface area contributed by atoms with Crippen LogP contribution in [0.15, 0.2) is 6.08 Å². The molecule has 2 unspecified atom stereocenters. The highest BCUT2D eigenvalue weighted by atomic mass is 32.1. The average molecular weight is 391 g/mol. The van der Waals surface area contributed by atoms with Gasteiger partial charge in [0, 0.05) is 12.0 Å². The second-order valence-electron chi connectivity index (χ2n) is 6.57. The number of hydrogen-bond donors (Lipinski definition) is 1. The lowest BCUT2D eigenvalue weighted by Crippen LogP contribution is -2.49. The van der Waals surface area contributed by atoms with Crippen LogP contribution >= 0.6 is 19.6 Å². The van der Waals surface area contributed by atoms with Gasteiger partial charge in [-0.3, -0.25) is 13.6 Å². The molecule has 1 N–H and O–H groups in total. The summed E-state index contributed by atoms with van der Waals surface area (Å²) in [6, 6.07) is 0. The number of rotatable bonds is 10. The van der Waals surface area contributed by atoms with Crippen LogP contribution in [0, 0.1) is 0 Å². The summed E-state index contributed by atoms with van der Waals surface area (Å²) in [4.78, 5) is 19.7. The second-order valence-corrected chi connectivity index (χ2v) is 8.30. The topological polar surface area (TPSA) is 105 Å². The summed E-state index contributed by atoms with van der Waals surface area (Å²) in [5.41, 5.74) is 1.69. The first-order valence-corrected chi connectivity index (χ1v) is 10.7. The number of nitrogens with zero attached hydrogens (tertiary/aromatic N) is 3. The Morgan fingerprint density at radius 3 is 2.92 bits per heavy atom. The van der Waals surface area contributed by atoms with Crippen LogP contribution in [0.2, 0.25) is 0 Å². The minimum atomic E-state index is -4.72. The number of aromatic nitrogens is 2. The Bertz CT molecular complexity index is 632. The van der Waals surface area contributed by atoms with Crippen LogP contribution in [0.3, 0.4) is 0 Å². The quantitative estimate of drug-likeness (QED) is 0.370. The zero-order chi connectivity index (χ0) is 18.3. The van der Waals surface area contributed by atoms with E-state index in [1.54, 1.807) is 0 Å². The molecule has 0 fully saturated rings. The van der Waals surface area contributed by atoms with Gasteiger partial charge in [0.2, 0.25) is 0 Å². The first-order chi connectivity index (χ1) is 11.8. The van der Waals surface area contributed by atoms with Gasteiger partial charge in [-0.1, -0.05) is 32.3 Å². The molecule has 0 aliphatic carbocycles. The molecule has 0 aromatic carbocycles. The van der Waals surface area contributed by atoms with Gasteiger partial charge in [-0.15, -0.1) is 4.37 Å². The van der Waals surface area contributed by atoms with E-state index >= 15 is 0 Å². The second kappa shape index (κ2) is 9.21. The summed E-state index contributed by atoms with van der Waals surface area (Å²) in [6.07, 6.45) is 7.34. The largest absolute Gasteiger partial charge is 0.756 e. The van der Waals surface area contributed by atoms with Crippen molar-refractivity contribution in [2.45, 2.75) is 39.0 Å². The molecule has 0 radical (unpaired) electrons. The van der Waals surface area contributed by atoms with E-state index in [-0.39, 0.29) is 6.73 Å². The minimum Gasteiger partial charge on any atom is -0.756 e. The molecule has 2 atom stereocenters. The lowest BCUT2D eigenvalue weighted by atomic mass is 10.1. The van der Waals surface area contributed by atoms with E-state index in [9.17, 15) is 9.46 Å². The van der Waals surface area contributed by atoms with Crippen LogP contribution in [0.25, 0.3) is 5.57 Å². The maximum atomic E-state index is 10.9. The van der Waals surface area contributed by atoms with Gasteiger partial charge in [-0.2, -0.15) is 4.37 Å². The molecule has 1 aromatic heterocycles. The summed E-state index contributed by atoms with van der Waals surface area (Å²) in [5.74, 6) is 0.541. The molecule has 0 bridgehead atoms. The van der Waals surface area contributed by atoms with Crippen LogP contribution in [-0.2, 0) is 9.09 Å². The van der Waals surface area contributed by atoms with E-state index in [1.165, 1.54) is 12.8 Å². The number of hydrogen-bond acceptors (Lipinski definition) is 7. The third kappa shape index (κ3) is 6.77. The van der Waals surface area contributed by atoms with Crippen LogP contribution in [-0.4, -0.2) is 51.6 Å². The molecular weight excluding hydrogens is 365 g/mol. The van der Waals surface area contributed by atoms with Gasteiger partial charge < -0.3 is 14.5 Å². The van der Waals surface area contributed by atoms with Gasteiger partial charge in [0.1, 0.15) is 12.2 Å². The molecule has 8 nitrogen and oxygen atoms in total. The van der Waals surface area contributed by atoms with Crippen molar-refractivity contribution in [3.63, 3.8) is 0 Å². The van der Waals surface area contributed by atoms with Crippen molar-refractivity contribution in [2.75, 3.05) is 33.5 Å². The van der Waals surface area contributed by atoms with Gasteiger partial charge in [-0.05, 0) is 6.42 Å². The standard InChI is InChI=1S/C15H26N3O5PS/c1-3-4-5-6-10-22-15-14(16-25-17-15)13-8-7-9-18(2,11-13)12-23-24(19,20)21/h8H,3-7,9-12H2,1-2H3,(H-,19,20,21). The highest BCUT2D eigenvalue weighted by Crippen LogP contribution is 2.34. The number of unbranched alkanes of at least 4 members (excludes halogenated alkanes) is 3. The SMILES string of the molecule is CCCCCCOc1nsnc1C1=CCC[N+](C)(COP(=O)([O-])O)C1. The Morgan fingerprint density at radius 2 is 2.20 bits per heavy atom. The van der Waals surface area contributed by atoms with Crippen molar-refractivity contribution in [1.82, 2.24) is 8.75 Å². The van der Waals surface area contributed by atoms with Crippen molar-refractivity contribution in [1.29, 1.82) is 0 Å². The third-order valence-electron chi connectivity index (χ3n) is 4.14. The fourth-order valence-corrected chi connectivity index (χ4v) is 3.72. The molecule has 10 heteroatoms. The van der Waals surface area contributed by atoms with Crippen molar-refractivity contribution in [2.24, 2.45) is 0 Å². The molecule has 0 spiro atoms. The fourth-order valence-electron chi connectivity index (χ4n) is 2.77. The summed E-state index contributed by atoms with van der Waals surface area (Å²) in [6.45, 7) is 3.93. The Labute approximate surface area is 152 Å². The van der Waals surface area contributed by atoms with Crippen molar-refractivity contribution < 1.29 is 28.1 Å². The zero-order valence-corrected chi connectivity index (χ0v) is 16.4. The molecule has 1 aliphatic heterocycles. The van der Waals surface area contributed by atoms with Gasteiger partial charge in [0.05, 0.1) is 31.9 Å². The van der Waals surface area contributed by atoms with Gasteiger partial charge >= 0.3 is 0 Å². The lowest BCUT2D eigenvalue weighted by molar-refractivity contribution is -0.919. The monoisotopic (exact) mass is 391 g/mol. The highest BCUT2D eigenvalue weighted by Gasteiger charge is 2.31. The van der Waals surface area contributed by atoms with Crippen molar-refractivity contribution in [3.8, 4) is 5.88 Å². The normalized spacial score (nSPS) is 23.1. The van der Waals surface area contributed by atoms with E-state index < -0.39 is 7.82 Å². The summed E-state index contributed by atoms with van der Waals surface area (Å²) >= 11 is 1.11. The number of ether oxygens (including phenoxy) is 1. The summed E-state index contributed by atoms with van der Waals surface area (Å²) in [5, 5.41) is 0. The Morgan fingerprint density at radius 1 is 1.40 bits per heavy atom. The number of phosphoric ester groups is 1. The molecule has 2 heterocycles. The third-order valence-corrected chi connectivity index (χ3v) is 5.10. The maximum Gasteiger partial charge on any atom is 0.269 e. The summed E-state index contributed by atoms with van der Waals surface area (Å²) in [7, 11) is -2.84. The fraction of sp³-hybridized carbons (Fsp3) is 0.733. The molecule has 0 saturated carbocycles. The van der Waals surface area contributed by atoms with Gasteiger partial charge in [-0.25, -0.2) is 0 Å². The van der Waals surface area contributed by atoms with Crippen LogP contribution < -0.4 is 9.63 Å². The van der Waals surface area contributed by atoms with Crippen LogP contribution in [0.1, 0.15) is 44.7 Å². The highest BCUT2D eigenvalue weighted by molar-refractivity contribution is 7.44. The predicted molar refractivity (Wildman–Crippen MR) is 93.8 cm³/mol. The molecule has 2 rings (SSSR count). The van der Waals surface area contributed by atoms with Crippen LogP contribution in [0.5, 0.6) is 5.88 Å². The van der Waals surface area contributed by atoms with Gasteiger partial charge in [0.25, 0.3) is 13.7 Å². The number of likely N-dealkylation sites (N-methyl/N-ethyl adjacent to an activating group) is 1. The van der Waals surface area contributed by atoms with E-state index in [0.29, 0.717) is 30.1 Å². The lowest BCUT2D eigenvalue weighted by Gasteiger charge is -2.37. The van der Waals surface area contributed by atoms with Gasteiger partial charge in [0.15, 0.2) is 6.73 Å². The molecule has 0 amide bonds. The smallest absolute Gasteiger partial charge is 0.269 e. The van der Waals surface area contributed by atoms with E-state index in [4.69, 9.17) is 9.63 Å². The first-order valence-electron chi connectivity index (χ1n) is 8.50. The van der Waals surface area contributed by atoms with Crippen molar-refractivity contribution >= 4 is 25.1 Å².